The lowest BCUT2D eigenvalue weighted by Gasteiger charge is -2.07. The van der Waals surface area contributed by atoms with Crippen molar-refractivity contribution in [1.29, 1.82) is 0 Å². The predicted molar refractivity (Wildman–Crippen MR) is 63.2 cm³/mol. The summed E-state index contributed by atoms with van der Waals surface area (Å²) in [5.41, 5.74) is 0.964. The van der Waals surface area contributed by atoms with Gasteiger partial charge in [-0.3, -0.25) is 4.57 Å². The van der Waals surface area contributed by atoms with E-state index in [4.69, 9.17) is 9.63 Å². The molecule has 1 fully saturated rings. The highest BCUT2D eigenvalue weighted by molar-refractivity contribution is 7.69. The summed E-state index contributed by atoms with van der Waals surface area (Å²) in [5.74, 6) is 0. The Morgan fingerprint density at radius 2 is 1.94 bits per heavy atom. The minimum atomic E-state index is -3.95. The Morgan fingerprint density at radius 1 is 1.28 bits per heavy atom. The summed E-state index contributed by atoms with van der Waals surface area (Å²) in [6.45, 7) is 0.371. The second-order valence-electron chi connectivity index (χ2n) is 3.60. The third kappa shape index (κ3) is 4.72. The molecule has 1 saturated heterocycles. The van der Waals surface area contributed by atoms with Crippen molar-refractivity contribution >= 4 is 15.8 Å². The van der Waals surface area contributed by atoms with Crippen LogP contribution in [0.25, 0.3) is 0 Å². The maximum atomic E-state index is 11.4. The van der Waals surface area contributed by atoms with Crippen LogP contribution in [0.15, 0.2) is 30.3 Å². The zero-order chi connectivity index (χ0) is 13.1. The van der Waals surface area contributed by atoms with Gasteiger partial charge in [-0.05, 0) is 5.56 Å². The van der Waals surface area contributed by atoms with E-state index in [0.29, 0.717) is 6.61 Å². The van der Waals surface area contributed by atoms with E-state index in [-0.39, 0.29) is 12.8 Å². The van der Waals surface area contributed by atoms with E-state index in [2.05, 4.69) is 13.7 Å². The van der Waals surface area contributed by atoms with Crippen molar-refractivity contribution in [2.75, 3.05) is 12.8 Å². The van der Waals surface area contributed by atoms with Crippen molar-refractivity contribution in [3.05, 3.63) is 35.9 Å². The molecule has 1 heterocycles. The molecule has 0 saturated carbocycles. The molecule has 0 aromatic heterocycles. The minimum Gasteiger partial charge on any atom is -0.376 e. The van der Waals surface area contributed by atoms with Crippen molar-refractivity contribution in [2.24, 2.45) is 0 Å². The Labute approximate surface area is 104 Å². The second-order valence-corrected chi connectivity index (χ2v) is 7.21. The van der Waals surface area contributed by atoms with Gasteiger partial charge in [-0.15, -0.1) is 0 Å². The third-order valence-electron chi connectivity index (χ3n) is 2.06. The molecule has 1 aromatic rings. The van der Waals surface area contributed by atoms with Crippen LogP contribution in [-0.2, 0) is 29.6 Å². The molecule has 18 heavy (non-hydrogen) atoms. The van der Waals surface area contributed by atoms with Gasteiger partial charge in [-0.25, -0.2) is 0 Å². The van der Waals surface area contributed by atoms with E-state index in [0.717, 1.165) is 5.56 Å². The number of hydrogen-bond donors (Lipinski definition) is 2. The van der Waals surface area contributed by atoms with Crippen LogP contribution in [0.5, 0.6) is 0 Å². The predicted octanol–water partition coefficient (Wildman–Crippen LogP) is 2.04. The summed E-state index contributed by atoms with van der Waals surface area (Å²) in [6.07, 6.45) is -0.241. The van der Waals surface area contributed by atoms with Crippen molar-refractivity contribution in [1.82, 2.24) is 0 Å². The molecule has 1 aromatic carbocycles. The number of hydrogen-bond acceptors (Lipinski definition) is 6. The smallest absolute Gasteiger partial charge is 0.376 e. The lowest BCUT2D eigenvalue weighted by atomic mass is 10.2. The van der Waals surface area contributed by atoms with Gasteiger partial charge in [0.2, 0.25) is 0 Å². The van der Waals surface area contributed by atoms with Crippen LogP contribution < -0.4 is 0 Å². The Hall–Kier alpha value is -0.360. The fourth-order valence-corrected chi connectivity index (χ4v) is 3.62. The lowest BCUT2D eigenvalue weighted by molar-refractivity contribution is 0.0850. The summed E-state index contributed by atoms with van der Waals surface area (Å²) >= 11 is 0. The first kappa shape index (κ1) is 14.1. The molecule has 0 radical (unpaired) electrons. The van der Waals surface area contributed by atoms with Gasteiger partial charge in [0.1, 0.15) is 0 Å². The zero-order valence-corrected chi connectivity index (χ0v) is 11.1. The van der Waals surface area contributed by atoms with Gasteiger partial charge >= 0.3 is 15.8 Å². The van der Waals surface area contributed by atoms with Crippen molar-refractivity contribution in [3.63, 3.8) is 0 Å². The fourth-order valence-electron chi connectivity index (χ4n) is 1.20. The van der Waals surface area contributed by atoms with Crippen LogP contribution in [0.3, 0.4) is 0 Å². The molecule has 0 bridgehead atoms. The van der Waals surface area contributed by atoms with Crippen molar-refractivity contribution in [3.8, 4) is 0 Å². The minimum absolute atomic E-state index is 0.0304. The van der Waals surface area contributed by atoms with Gasteiger partial charge in [0, 0.05) is 0 Å². The normalized spacial score (nSPS) is 20.3. The molecule has 2 N–H and O–H groups in total. The highest BCUT2D eigenvalue weighted by Gasteiger charge is 2.71. The van der Waals surface area contributed by atoms with Crippen LogP contribution >= 0.6 is 15.8 Å². The standard InChI is InChI=1S/C9H12O7P2/c10-17(11,16-18(12)14-15-18)7-6-13-8-9-4-2-1-3-5-9/h1-5,12H,6-8H2/p+1. The van der Waals surface area contributed by atoms with Crippen molar-refractivity contribution < 1.29 is 32.7 Å². The maximum absolute atomic E-state index is 11.4. The first-order chi connectivity index (χ1) is 8.49. The summed E-state index contributed by atoms with van der Waals surface area (Å²) in [6, 6.07) is 9.41. The molecule has 2 rings (SSSR count). The highest BCUT2D eigenvalue weighted by Crippen LogP contribution is 2.79. The third-order valence-corrected chi connectivity index (χ3v) is 5.06. The quantitative estimate of drug-likeness (QED) is 0.343. The first-order valence-corrected chi connectivity index (χ1v) is 8.40. The summed E-state index contributed by atoms with van der Waals surface area (Å²) in [5, 5.41) is 0. The van der Waals surface area contributed by atoms with E-state index >= 15 is 0 Å². The molecule has 1 aliphatic rings. The Balaban J connectivity index is 1.67. The summed E-state index contributed by atoms with van der Waals surface area (Å²) in [4.78, 5) is 18.4. The van der Waals surface area contributed by atoms with Crippen LogP contribution in [0, 0.1) is 0 Å². The van der Waals surface area contributed by atoms with Crippen LogP contribution in [0.1, 0.15) is 5.56 Å². The molecule has 1 unspecified atom stereocenters. The Bertz CT molecular complexity index is 434. The molecule has 100 valence electrons. The summed E-state index contributed by atoms with van der Waals surface area (Å²) in [7, 11) is -7.41. The van der Waals surface area contributed by atoms with E-state index in [1.165, 1.54) is 0 Å². The second kappa shape index (κ2) is 5.74. The SMILES string of the molecule is O=P(O)(CCOCc1ccccc1)O[P+]1(O)OO1. The molecule has 9 heteroatoms. The van der Waals surface area contributed by atoms with Gasteiger partial charge in [0.15, 0.2) is 0 Å². The van der Waals surface area contributed by atoms with Crippen LogP contribution in [0.2, 0.25) is 0 Å². The zero-order valence-electron chi connectivity index (χ0n) is 9.34. The van der Waals surface area contributed by atoms with Gasteiger partial charge in [-0.1, -0.05) is 34.6 Å². The molecule has 7 nitrogen and oxygen atoms in total. The van der Waals surface area contributed by atoms with E-state index in [9.17, 15) is 9.46 Å². The van der Waals surface area contributed by atoms with Crippen molar-refractivity contribution in [2.45, 2.75) is 6.61 Å². The molecule has 0 spiro atoms. The average molecular weight is 295 g/mol. The molecular formula is C9H13O7P2+. The molecular weight excluding hydrogens is 282 g/mol. The monoisotopic (exact) mass is 295 g/mol. The molecule has 0 aliphatic carbocycles. The topological polar surface area (TPSA) is 101 Å². The molecule has 0 amide bonds. The van der Waals surface area contributed by atoms with Gasteiger partial charge in [-0.2, -0.15) is 4.89 Å². The molecule has 1 atom stereocenters. The largest absolute Gasteiger partial charge is 0.650 e. The molecule has 1 aliphatic heterocycles. The van der Waals surface area contributed by atoms with E-state index < -0.39 is 15.8 Å². The number of benzene rings is 1. The van der Waals surface area contributed by atoms with Crippen LogP contribution in [0.4, 0.5) is 0 Å². The summed E-state index contributed by atoms with van der Waals surface area (Å²) < 4.78 is 29.3. The van der Waals surface area contributed by atoms with Crippen LogP contribution in [-0.4, -0.2) is 22.6 Å². The van der Waals surface area contributed by atoms with E-state index in [1.54, 1.807) is 0 Å². The lowest BCUT2D eigenvalue weighted by Crippen LogP contribution is -2.02. The Kier molecular flexibility index (Phi) is 4.48. The average Bonchev–Trinajstić information content (AvgIpc) is 3.03. The highest BCUT2D eigenvalue weighted by atomic mass is 31.3. The maximum Gasteiger partial charge on any atom is 0.650 e. The Morgan fingerprint density at radius 3 is 2.56 bits per heavy atom. The van der Waals surface area contributed by atoms with Gasteiger partial charge in [0.25, 0.3) is 0 Å². The van der Waals surface area contributed by atoms with E-state index in [1.807, 2.05) is 30.3 Å². The number of rotatable bonds is 7. The first-order valence-electron chi connectivity index (χ1n) is 5.14. The van der Waals surface area contributed by atoms with Gasteiger partial charge in [0.05, 0.1) is 28.7 Å². The van der Waals surface area contributed by atoms with Gasteiger partial charge < -0.3 is 9.63 Å². The number of ether oxygens (including phenoxy) is 1. The fraction of sp³-hybridized carbons (Fsp3) is 0.333.